The van der Waals surface area contributed by atoms with Crippen molar-refractivity contribution >= 4 is 5.97 Å². The first-order valence-corrected chi connectivity index (χ1v) is 5.48. The number of carboxylic acid groups (broad SMARTS) is 1. The molecule has 0 aromatic rings. The number of aliphatic carboxylic acids is 1. The number of hydrogen-bond acceptors (Lipinski definition) is 2. The highest BCUT2D eigenvalue weighted by Gasteiger charge is 2.32. The van der Waals surface area contributed by atoms with Crippen LogP contribution in [-0.2, 0) is 4.79 Å². The third-order valence-corrected chi connectivity index (χ3v) is 2.68. The number of carbonyl (C=O) groups is 1. The van der Waals surface area contributed by atoms with Gasteiger partial charge in [0, 0.05) is 12.2 Å². The van der Waals surface area contributed by atoms with Gasteiger partial charge in [-0.25, -0.2) is 4.79 Å². The maximum atomic E-state index is 11.0. The Morgan fingerprint density at radius 1 is 1.53 bits per heavy atom. The molecule has 0 amide bonds. The smallest absolute Gasteiger partial charge is 0.326 e. The van der Waals surface area contributed by atoms with Crippen molar-refractivity contribution < 1.29 is 9.90 Å². The topological polar surface area (TPSA) is 40.5 Å². The maximum absolute atomic E-state index is 11.0. The fourth-order valence-corrected chi connectivity index (χ4v) is 2.12. The van der Waals surface area contributed by atoms with E-state index < -0.39 is 5.97 Å². The van der Waals surface area contributed by atoms with Crippen LogP contribution in [0.1, 0.15) is 40.0 Å². The molecule has 1 unspecified atom stereocenters. The van der Waals surface area contributed by atoms with Crippen molar-refractivity contribution in [2.45, 2.75) is 46.1 Å². The highest BCUT2D eigenvalue weighted by atomic mass is 16.4. The Bertz CT molecular complexity index is 265. The van der Waals surface area contributed by atoms with Gasteiger partial charge in [0.1, 0.15) is 6.04 Å². The lowest BCUT2D eigenvalue weighted by Gasteiger charge is -2.30. The molecule has 1 fully saturated rings. The summed E-state index contributed by atoms with van der Waals surface area (Å²) >= 11 is 0. The molecule has 1 aliphatic heterocycles. The van der Waals surface area contributed by atoms with Gasteiger partial charge in [-0.15, -0.1) is 0 Å². The molecule has 0 aromatic carbocycles. The van der Waals surface area contributed by atoms with Gasteiger partial charge in [0.25, 0.3) is 0 Å². The van der Waals surface area contributed by atoms with E-state index in [1.165, 1.54) is 0 Å². The lowest BCUT2D eigenvalue weighted by atomic mass is 9.90. The molecule has 3 nitrogen and oxygen atoms in total. The molecule has 1 N–H and O–H groups in total. The van der Waals surface area contributed by atoms with E-state index in [1.807, 2.05) is 4.90 Å². The number of allylic oxidation sites excluding steroid dienone is 1. The molecule has 0 aliphatic carbocycles. The summed E-state index contributed by atoms with van der Waals surface area (Å²) in [5.74, 6) is -0.720. The van der Waals surface area contributed by atoms with Crippen LogP contribution >= 0.6 is 0 Å². The van der Waals surface area contributed by atoms with E-state index in [0.29, 0.717) is 0 Å². The first-order chi connectivity index (χ1) is 6.81. The largest absolute Gasteiger partial charge is 0.480 e. The van der Waals surface area contributed by atoms with Crippen molar-refractivity contribution in [1.29, 1.82) is 0 Å². The Morgan fingerprint density at radius 3 is 2.60 bits per heavy atom. The molecule has 1 atom stereocenters. The second-order valence-corrected chi connectivity index (χ2v) is 5.49. The zero-order valence-electron chi connectivity index (χ0n) is 9.92. The van der Waals surface area contributed by atoms with Crippen LogP contribution in [0.25, 0.3) is 0 Å². The van der Waals surface area contributed by atoms with E-state index >= 15 is 0 Å². The summed E-state index contributed by atoms with van der Waals surface area (Å²) in [6, 6.07) is -0.347. The molecular weight excluding hydrogens is 190 g/mol. The normalized spacial score (nSPS) is 21.8. The van der Waals surface area contributed by atoms with Gasteiger partial charge in [-0.2, -0.15) is 0 Å². The van der Waals surface area contributed by atoms with E-state index in [9.17, 15) is 4.79 Å². The molecule has 15 heavy (non-hydrogen) atoms. The van der Waals surface area contributed by atoms with Crippen LogP contribution in [0.3, 0.4) is 0 Å². The highest BCUT2D eigenvalue weighted by Crippen LogP contribution is 2.30. The zero-order valence-corrected chi connectivity index (χ0v) is 9.92. The SMILES string of the molecule is C=C(CC(C)(C)C)N1CCCC1C(=O)O. The predicted molar refractivity (Wildman–Crippen MR) is 60.6 cm³/mol. The number of likely N-dealkylation sites (tertiary alicyclic amines) is 1. The Kier molecular flexibility index (Phi) is 3.42. The van der Waals surface area contributed by atoms with Crippen LogP contribution < -0.4 is 0 Å². The van der Waals surface area contributed by atoms with E-state index in [0.717, 1.165) is 31.5 Å². The molecule has 0 radical (unpaired) electrons. The minimum atomic E-state index is -0.720. The second-order valence-electron chi connectivity index (χ2n) is 5.49. The van der Waals surface area contributed by atoms with Gasteiger partial charge in [-0.1, -0.05) is 27.4 Å². The lowest BCUT2D eigenvalue weighted by Crippen LogP contribution is -2.35. The summed E-state index contributed by atoms with van der Waals surface area (Å²) in [5, 5.41) is 9.05. The third-order valence-electron chi connectivity index (χ3n) is 2.68. The van der Waals surface area contributed by atoms with Gasteiger partial charge in [-0.05, 0) is 24.7 Å². The maximum Gasteiger partial charge on any atom is 0.326 e. The fraction of sp³-hybridized carbons (Fsp3) is 0.750. The van der Waals surface area contributed by atoms with Crippen LogP contribution in [0.2, 0.25) is 0 Å². The number of nitrogens with zero attached hydrogens (tertiary/aromatic N) is 1. The molecule has 1 rings (SSSR count). The molecule has 1 aliphatic rings. The standard InChI is InChI=1S/C12H21NO2/c1-9(8-12(2,3)4)13-7-5-6-10(13)11(14)15/h10H,1,5-8H2,2-4H3,(H,14,15). The van der Waals surface area contributed by atoms with E-state index in [2.05, 4.69) is 27.4 Å². The van der Waals surface area contributed by atoms with Gasteiger partial charge in [0.15, 0.2) is 0 Å². The number of rotatable bonds is 3. The molecule has 0 spiro atoms. The predicted octanol–water partition coefficient (Wildman–Crippen LogP) is 2.49. The van der Waals surface area contributed by atoms with Gasteiger partial charge in [-0.3, -0.25) is 0 Å². The fourth-order valence-electron chi connectivity index (χ4n) is 2.12. The zero-order chi connectivity index (χ0) is 11.6. The average molecular weight is 211 g/mol. The second kappa shape index (κ2) is 4.25. The summed E-state index contributed by atoms with van der Waals surface area (Å²) in [4.78, 5) is 13.0. The average Bonchev–Trinajstić information content (AvgIpc) is 2.47. The minimum Gasteiger partial charge on any atom is -0.480 e. The molecule has 1 heterocycles. The Hall–Kier alpha value is -0.990. The van der Waals surface area contributed by atoms with Crippen molar-refractivity contribution in [1.82, 2.24) is 4.90 Å². The molecule has 0 saturated carbocycles. The van der Waals surface area contributed by atoms with Crippen molar-refractivity contribution in [2.75, 3.05) is 6.54 Å². The monoisotopic (exact) mass is 211 g/mol. The van der Waals surface area contributed by atoms with Crippen LogP contribution in [-0.4, -0.2) is 28.6 Å². The Labute approximate surface area is 91.8 Å². The van der Waals surface area contributed by atoms with Crippen LogP contribution in [0.4, 0.5) is 0 Å². The summed E-state index contributed by atoms with van der Waals surface area (Å²) < 4.78 is 0. The van der Waals surface area contributed by atoms with E-state index in [4.69, 9.17) is 5.11 Å². The van der Waals surface area contributed by atoms with Gasteiger partial charge in [0.05, 0.1) is 0 Å². The highest BCUT2D eigenvalue weighted by molar-refractivity contribution is 5.74. The van der Waals surface area contributed by atoms with Gasteiger partial charge < -0.3 is 10.0 Å². The summed E-state index contributed by atoms with van der Waals surface area (Å²) in [7, 11) is 0. The molecule has 0 bridgehead atoms. The lowest BCUT2D eigenvalue weighted by molar-refractivity contribution is -0.141. The quantitative estimate of drug-likeness (QED) is 0.779. The molecule has 1 saturated heterocycles. The molecule has 86 valence electrons. The number of hydrogen-bond donors (Lipinski definition) is 1. The first kappa shape index (κ1) is 12.1. The van der Waals surface area contributed by atoms with Crippen LogP contribution in [0.15, 0.2) is 12.3 Å². The van der Waals surface area contributed by atoms with Crippen molar-refractivity contribution in [3.05, 3.63) is 12.3 Å². The minimum absolute atomic E-state index is 0.169. The summed E-state index contributed by atoms with van der Waals surface area (Å²) in [6.07, 6.45) is 2.56. The molecule has 0 aromatic heterocycles. The third kappa shape index (κ3) is 3.26. The van der Waals surface area contributed by atoms with Gasteiger partial charge >= 0.3 is 5.97 Å². The Balaban J connectivity index is 2.63. The van der Waals surface area contributed by atoms with Crippen LogP contribution in [0, 0.1) is 5.41 Å². The van der Waals surface area contributed by atoms with Gasteiger partial charge in [0.2, 0.25) is 0 Å². The van der Waals surface area contributed by atoms with Crippen LogP contribution in [0.5, 0.6) is 0 Å². The first-order valence-electron chi connectivity index (χ1n) is 5.48. The summed E-state index contributed by atoms with van der Waals surface area (Å²) in [5.41, 5.74) is 1.13. The number of carboxylic acids is 1. The Morgan fingerprint density at radius 2 is 2.13 bits per heavy atom. The van der Waals surface area contributed by atoms with Crippen molar-refractivity contribution in [3.8, 4) is 0 Å². The molecular formula is C12H21NO2. The van der Waals surface area contributed by atoms with Crippen molar-refractivity contribution in [3.63, 3.8) is 0 Å². The van der Waals surface area contributed by atoms with Crippen molar-refractivity contribution in [2.24, 2.45) is 5.41 Å². The van der Waals surface area contributed by atoms with E-state index in [-0.39, 0.29) is 11.5 Å². The molecule has 3 heteroatoms. The van der Waals surface area contributed by atoms with E-state index in [1.54, 1.807) is 0 Å². The summed E-state index contributed by atoms with van der Waals surface area (Å²) in [6.45, 7) is 11.3.